The Bertz CT molecular complexity index is 1480. The third-order valence-electron chi connectivity index (χ3n) is 7.27. The minimum atomic E-state index is -4.08. The van der Waals surface area contributed by atoms with E-state index >= 15 is 0 Å². The van der Waals surface area contributed by atoms with Crippen LogP contribution in [0.3, 0.4) is 0 Å². The number of carbonyl (C=O) groups is 1. The Balaban J connectivity index is 1.65. The van der Waals surface area contributed by atoms with Gasteiger partial charge in [0.05, 0.1) is 34.3 Å². The van der Waals surface area contributed by atoms with Crippen LogP contribution in [-0.2, 0) is 24.1 Å². The van der Waals surface area contributed by atoms with E-state index in [9.17, 15) is 39.9 Å². The predicted molar refractivity (Wildman–Crippen MR) is 137 cm³/mol. The van der Waals surface area contributed by atoms with Crippen LogP contribution in [-0.4, -0.2) is 65.7 Å². The average molecular weight is 591 g/mol. The zero-order valence-corrected chi connectivity index (χ0v) is 23.1. The van der Waals surface area contributed by atoms with Gasteiger partial charge in [-0.05, 0) is 55.7 Å². The van der Waals surface area contributed by atoms with Crippen LogP contribution in [0.4, 0.5) is 24.5 Å². The first-order valence-corrected chi connectivity index (χ1v) is 15.4. The molecular weight excluding hydrogens is 561 g/mol. The monoisotopic (exact) mass is 590 g/mol. The molecule has 2 aromatic carbocycles. The van der Waals surface area contributed by atoms with Crippen molar-refractivity contribution in [1.29, 1.82) is 0 Å². The number of hydrogen-bond acceptors (Lipinski definition) is 8. The van der Waals surface area contributed by atoms with E-state index in [1.54, 1.807) is 19.0 Å². The van der Waals surface area contributed by atoms with Crippen LogP contribution in [0.25, 0.3) is 0 Å². The number of aliphatic hydroxyl groups is 1. The first-order chi connectivity index (χ1) is 18.0. The molecule has 1 amide bonds. The van der Waals surface area contributed by atoms with Gasteiger partial charge in [0.15, 0.2) is 27.3 Å². The number of nitrogens with zero attached hydrogens (tertiary/aromatic N) is 1. The molecule has 14 heteroatoms. The van der Waals surface area contributed by atoms with Gasteiger partial charge in [0.25, 0.3) is 16.0 Å². The van der Waals surface area contributed by atoms with Gasteiger partial charge in [-0.15, -0.1) is 0 Å². The lowest BCUT2D eigenvalue weighted by Gasteiger charge is -2.40. The summed E-state index contributed by atoms with van der Waals surface area (Å²) in [5.74, 6) is -6.48. The molecule has 39 heavy (non-hydrogen) atoms. The number of carbonyl (C=O) groups excluding carboxylic acids is 1. The van der Waals surface area contributed by atoms with Gasteiger partial charge in [-0.3, -0.25) is 8.98 Å². The lowest BCUT2D eigenvalue weighted by molar-refractivity contribution is -0.0507. The second kappa shape index (κ2) is 10.4. The Morgan fingerprint density at radius 3 is 2.13 bits per heavy atom. The highest BCUT2D eigenvalue weighted by Gasteiger charge is 2.54. The first kappa shape index (κ1) is 29.3. The first-order valence-electron chi connectivity index (χ1n) is 12.1. The molecule has 0 saturated heterocycles. The van der Waals surface area contributed by atoms with Crippen LogP contribution in [0.15, 0.2) is 35.2 Å². The van der Waals surface area contributed by atoms with Gasteiger partial charge < -0.3 is 15.3 Å². The van der Waals surface area contributed by atoms with Crippen LogP contribution in [0, 0.1) is 29.3 Å². The summed E-state index contributed by atoms with van der Waals surface area (Å²) in [6, 6.07) is 5.20. The molecule has 0 heterocycles. The summed E-state index contributed by atoms with van der Waals surface area (Å²) in [6.07, 6.45) is 1.95. The molecule has 0 aliphatic heterocycles. The Labute approximate surface area is 225 Å². The fourth-order valence-electron chi connectivity index (χ4n) is 5.71. The van der Waals surface area contributed by atoms with Crippen molar-refractivity contribution in [3.8, 4) is 0 Å². The number of hydrogen-bond donors (Lipinski definition) is 2. The molecule has 4 atom stereocenters. The van der Waals surface area contributed by atoms with Gasteiger partial charge in [0, 0.05) is 37.5 Å². The van der Waals surface area contributed by atoms with Crippen LogP contribution in [0.2, 0.25) is 0 Å². The highest BCUT2D eigenvalue weighted by atomic mass is 32.2. The van der Waals surface area contributed by atoms with Crippen LogP contribution in [0.5, 0.6) is 0 Å². The topological polar surface area (TPSA) is 130 Å². The predicted octanol–water partition coefficient (Wildman–Crippen LogP) is 3.09. The summed E-state index contributed by atoms with van der Waals surface area (Å²) in [4.78, 5) is 14.3. The molecule has 9 nitrogen and oxygen atoms in total. The molecule has 214 valence electrons. The fourth-order valence-corrected chi connectivity index (χ4v) is 8.75. The normalized spacial score (nSPS) is 24.9. The maximum atomic E-state index is 14.1. The number of anilines is 2. The van der Waals surface area contributed by atoms with Crippen LogP contribution < -0.4 is 10.2 Å². The number of nitrogens with one attached hydrogen (secondary N) is 1. The van der Waals surface area contributed by atoms with Gasteiger partial charge in [-0.1, -0.05) is 0 Å². The van der Waals surface area contributed by atoms with Crippen LogP contribution in [0.1, 0.15) is 36.0 Å². The molecule has 2 fully saturated rings. The molecule has 2 bridgehead atoms. The number of fused-ring (bicyclic) bond motifs is 2. The summed E-state index contributed by atoms with van der Waals surface area (Å²) in [7, 11) is -4.61. The van der Waals surface area contributed by atoms with E-state index in [0.29, 0.717) is 30.7 Å². The van der Waals surface area contributed by atoms with Gasteiger partial charge in [-0.25, -0.2) is 21.6 Å². The van der Waals surface area contributed by atoms with Crippen molar-refractivity contribution in [3.05, 3.63) is 53.3 Å². The second-order valence-electron chi connectivity index (χ2n) is 10.5. The molecule has 2 saturated carbocycles. The SMILES string of the molecule is CN(C)c1ccc(C(=O)Nc2cc(F)c(F)c(F)c2)cc1S(=O)(=O)[C@H]1C2CC[C@H]1C[C@](O)(COS(C)(=O)=O)C2. The van der Waals surface area contributed by atoms with Crippen molar-refractivity contribution in [2.75, 3.05) is 37.2 Å². The maximum Gasteiger partial charge on any atom is 0.264 e. The number of amides is 1. The smallest absolute Gasteiger partial charge is 0.264 e. The Kier molecular flexibility index (Phi) is 7.80. The fraction of sp³-hybridized carbons (Fsp3) is 0.480. The molecule has 0 radical (unpaired) electrons. The van der Waals surface area contributed by atoms with Crippen molar-refractivity contribution in [1.82, 2.24) is 0 Å². The van der Waals surface area contributed by atoms with E-state index in [4.69, 9.17) is 4.18 Å². The van der Waals surface area contributed by atoms with Gasteiger partial charge in [0.2, 0.25) is 0 Å². The molecule has 2 aliphatic carbocycles. The van der Waals surface area contributed by atoms with Gasteiger partial charge in [0.1, 0.15) is 0 Å². The van der Waals surface area contributed by atoms with E-state index in [1.807, 2.05) is 0 Å². The summed E-state index contributed by atoms with van der Waals surface area (Å²) >= 11 is 0. The quantitative estimate of drug-likeness (QED) is 0.355. The number of benzene rings is 2. The van der Waals surface area contributed by atoms with E-state index in [1.165, 1.54) is 18.2 Å². The van der Waals surface area contributed by atoms with E-state index in [-0.39, 0.29) is 29.0 Å². The summed E-state index contributed by atoms with van der Waals surface area (Å²) in [5.41, 5.74) is -1.64. The third-order valence-corrected chi connectivity index (χ3v) is 10.2. The zero-order valence-electron chi connectivity index (χ0n) is 21.4. The summed E-state index contributed by atoms with van der Waals surface area (Å²) < 4.78 is 96.3. The Morgan fingerprint density at radius 1 is 1.05 bits per heavy atom. The van der Waals surface area contributed by atoms with Crippen molar-refractivity contribution in [2.45, 2.75) is 41.4 Å². The molecule has 4 rings (SSSR count). The van der Waals surface area contributed by atoms with Crippen molar-refractivity contribution in [3.63, 3.8) is 0 Å². The van der Waals surface area contributed by atoms with Crippen molar-refractivity contribution < 1.29 is 44.1 Å². The Hall–Kier alpha value is -2.68. The zero-order chi connectivity index (χ0) is 28.9. The summed E-state index contributed by atoms with van der Waals surface area (Å²) in [5, 5.41) is 12.4. The van der Waals surface area contributed by atoms with E-state index in [2.05, 4.69) is 5.32 Å². The maximum absolute atomic E-state index is 14.1. The molecular formula is C25H29F3N2O7S2. The molecule has 1 unspecified atom stereocenters. The number of halogens is 3. The molecule has 0 aromatic heterocycles. The highest BCUT2D eigenvalue weighted by Crippen LogP contribution is 2.51. The third kappa shape index (κ3) is 6.08. The van der Waals surface area contributed by atoms with E-state index in [0.717, 1.165) is 6.26 Å². The molecule has 2 N–H and O–H groups in total. The average Bonchev–Trinajstić information content (AvgIpc) is 3.13. The van der Waals surface area contributed by atoms with Gasteiger partial charge >= 0.3 is 0 Å². The standard InChI is InChI=1S/C25H29F3N2O7S2/c1-30(2)20-7-6-14(24(31)29-17-9-18(26)22(28)19(27)10-17)8-21(20)39(35,36)23-15-4-5-16(23)12-25(32,11-15)13-37-38(3,33)34/h6-10,15-16,23,32H,4-5,11-13H2,1-3H3,(H,29,31)/t15-,16?,23+,25+/m0/s1. The van der Waals surface area contributed by atoms with E-state index < -0.39 is 72.6 Å². The molecule has 2 aromatic rings. The van der Waals surface area contributed by atoms with Crippen molar-refractivity contribution >= 4 is 37.2 Å². The van der Waals surface area contributed by atoms with Gasteiger partial charge in [-0.2, -0.15) is 8.42 Å². The highest BCUT2D eigenvalue weighted by molar-refractivity contribution is 7.92. The lowest BCUT2D eigenvalue weighted by atomic mass is 9.77. The molecule has 2 aliphatic rings. The largest absolute Gasteiger partial charge is 0.387 e. The number of rotatable bonds is 8. The summed E-state index contributed by atoms with van der Waals surface area (Å²) in [6.45, 7) is -0.464. The minimum absolute atomic E-state index is 0.0298. The number of sulfone groups is 1. The molecule has 0 spiro atoms. The second-order valence-corrected chi connectivity index (χ2v) is 14.2. The van der Waals surface area contributed by atoms with Crippen molar-refractivity contribution in [2.24, 2.45) is 11.8 Å². The lowest BCUT2D eigenvalue weighted by Crippen LogP contribution is -2.48. The Morgan fingerprint density at radius 2 is 1.62 bits per heavy atom. The van der Waals surface area contributed by atoms with Crippen LogP contribution >= 0.6 is 0 Å². The minimum Gasteiger partial charge on any atom is -0.387 e.